The van der Waals surface area contributed by atoms with Crippen LogP contribution in [-0.4, -0.2) is 25.7 Å². The number of aryl methyl sites for hydroxylation is 1. The minimum absolute atomic E-state index is 0.0829. The van der Waals surface area contributed by atoms with E-state index >= 15 is 0 Å². The Hall–Kier alpha value is -2.00. The second kappa shape index (κ2) is 5.78. The van der Waals surface area contributed by atoms with Gasteiger partial charge in [0.15, 0.2) is 0 Å². The molecule has 0 radical (unpaired) electrons. The van der Waals surface area contributed by atoms with Gasteiger partial charge in [-0.3, -0.25) is 9.82 Å². The average molecular weight is 316 g/mol. The lowest BCUT2D eigenvalue weighted by molar-refractivity contribution is 0.592. The Balaban J connectivity index is 2.43. The summed E-state index contributed by atoms with van der Waals surface area (Å²) in [6.45, 7) is 1.74. The molecule has 3 N–H and O–H groups in total. The number of halogens is 2. The standard InChI is InChI=1S/C12H14F2N4O2S/c1-7-12(11(6-15-2)17-16-7)21(19,20)18-10-5-8(13)3-4-9(10)14/h3-5,15,18H,6H2,1-2H3,(H,16,17). The van der Waals surface area contributed by atoms with Crippen LogP contribution in [0.15, 0.2) is 23.1 Å². The summed E-state index contributed by atoms with van der Waals surface area (Å²) in [6, 6.07) is 2.53. The van der Waals surface area contributed by atoms with Gasteiger partial charge in [0.1, 0.15) is 16.5 Å². The SMILES string of the molecule is CNCc1n[nH]c(C)c1S(=O)(=O)Nc1cc(F)ccc1F. The fourth-order valence-corrected chi connectivity index (χ4v) is 3.31. The molecule has 0 atom stereocenters. The molecule has 0 fully saturated rings. The van der Waals surface area contributed by atoms with Gasteiger partial charge in [0.05, 0.1) is 17.1 Å². The number of H-pyrrole nitrogens is 1. The van der Waals surface area contributed by atoms with Gasteiger partial charge in [0.2, 0.25) is 0 Å². The molecule has 0 aliphatic rings. The minimum Gasteiger partial charge on any atom is -0.314 e. The number of hydrogen-bond acceptors (Lipinski definition) is 4. The number of aromatic amines is 1. The first kappa shape index (κ1) is 15.4. The summed E-state index contributed by atoms with van der Waals surface area (Å²) < 4.78 is 53.4. The molecule has 9 heteroatoms. The van der Waals surface area contributed by atoms with E-state index in [0.29, 0.717) is 5.69 Å². The van der Waals surface area contributed by atoms with Crippen molar-refractivity contribution in [2.45, 2.75) is 18.4 Å². The Kier molecular flexibility index (Phi) is 4.24. The van der Waals surface area contributed by atoms with Gasteiger partial charge in [-0.1, -0.05) is 0 Å². The molecule has 0 saturated heterocycles. The van der Waals surface area contributed by atoms with Gasteiger partial charge >= 0.3 is 0 Å². The van der Waals surface area contributed by atoms with Gasteiger partial charge in [-0.25, -0.2) is 17.2 Å². The largest absolute Gasteiger partial charge is 0.314 e. The summed E-state index contributed by atoms with van der Waals surface area (Å²) in [5.74, 6) is -1.61. The number of sulfonamides is 1. The van der Waals surface area contributed by atoms with Crippen LogP contribution in [0.3, 0.4) is 0 Å². The van der Waals surface area contributed by atoms with Crippen LogP contribution in [0.5, 0.6) is 0 Å². The molecule has 2 aromatic rings. The molecule has 0 amide bonds. The molecule has 1 aromatic heterocycles. The van der Waals surface area contributed by atoms with Gasteiger partial charge in [0.25, 0.3) is 10.0 Å². The molecule has 0 saturated carbocycles. The predicted octanol–water partition coefficient (Wildman–Crippen LogP) is 1.52. The average Bonchev–Trinajstić information content (AvgIpc) is 2.76. The molecule has 2 rings (SSSR count). The van der Waals surface area contributed by atoms with Crippen molar-refractivity contribution in [3.63, 3.8) is 0 Å². The molecule has 114 valence electrons. The summed E-state index contributed by atoms with van der Waals surface area (Å²) in [5.41, 5.74) is 0.120. The van der Waals surface area contributed by atoms with Gasteiger partial charge in [0, 0.05) is 12.6 Å². The number of aromatic nitrogens is 2. The van der Waals surface area contributed by atoms with Crippen molar-refractivity contribution >= 4 is 15.7 Å². The predicted molar refractivity (Wildman–Crippen MR) is 73.3 cm³/mol. The molecule has 0 aliphatic carbocycles. The van der Waals surface area contributed by atoms with E-state index in [1.807, 2.05) is 4.72 Å². The first-order chi connectivity index (χ1) is 9.85. The molecular weight excluding hydrogens is 302 g/mol. The van der Waals surface area contributed by atoms with E-state index in [-0.39, 0.29) is 17.1 Å². The lowest BCUT2D eigenvalue weighted by Crippen LogP contribution is -2.18. The number of hydrogen-bond donors (Lipinski definition) is 3. The highest BCUT2D eigenvalue weighted by atomic mass is 32.2. The normalized spacial score (nSPS) is 11.6. The van der Waals surface area contributed by atoms with E-state index in [1.165, 1.54) is 6.92 Å². The quantitative estimate of drug-likeness (QED) is 0.780. The molecule has 0 unspecified atom stereocenters. The number of anilines is 1. The van der Waals surface area contributed by atoms with Crippen LogP contribution in [0.25, 0.3) is 0 Å². The summed E-state index contributed by atoms with van der Waals surface area (Å²) in [6.07, 6.45) is 0. The first-order valence-electron chi connectivity index (χ1n) is 6.01. The van der Waals surface area contributed by atoms with E-state index in [1.54, 1.807) is 7.05 Å². The van der Waals surface area contributed by atoms with E-state index in [4.69, 9.17) is 0 Å². The monoisotopic (exact) mass is 316 g/mol. The third-order valence-corrected chi connectivity index (χ3v) is 4.31. The summed E-state index contributed by atoms with van der Waals surface area (Å²) in [7, 11) is -2.44. The lowest BCUT2D eigenvalue weighted by atomic mass is 10.3. The Bertz CT molecular complexity index is 759. The third-order valence-electron chi connectivity index (χ3n) is 2.75. The maximum Gasteiger partial charge on any atom is 0.265 e. The molecule has 6 nitrogen and oxygen atoms in total. The molecule has 0 bridgehead atoms. The maximum atomic E-state index is 13.6. The number of benzene rings is 1. The zero-order valence-corrected chi connectivity index (χ0v) is 12.2. The van der Waals surface area contributed by atoms with Crippen molar-refractivity contribution in [2.75, 3.05) is 11.8 Å². The zero-order chi connectivity index (χ0) is 15.6. The molecule has 0 spiro atoms. The van der Waals surface area contributed by atoms with Crippen molar-refractivity contribution in [2.24, 2.45) is 0 Å². The lowest BCUT2D eigenvalue weighted by Gasteiger charge is -2.10. The Morgan fingerprint density at radius 3 is 2.71 bits per heavy atom. The maximum absolute atomic E-state index is 13.6. The topological polar surface area (TPSA) is 86.9 Å². The van der Waals surface area contributed by atoms with E-state index in [9.17, 15) is 17.2 Å². The molecule has 1 heterocycles. The first-order valence-corrected chi connectivity index (χ1v) is 7.50. The highest BCUT2D eigenvalue weighted by Gasteiger charge is 2.25. The summed E-state index contributed by atoms with van der Waals surface area (Å²) in [5, 5.41) is 9.23. The summed E-state index contributed by atoms with van der Waals surface area (Å²) >= 11 is 0. The molecule has 21 heavy (non-hydrogen) atoms. The van der Waals surface area contributed by atoms with Gasteiger partial charge in [-0.2, -0.15) is 5.10 Å². The Morgan fingerprint density at radius 1 is 1.33 bits per heavy atom. The third kappa shape index (κ3) is 3.19. The smallest absolute Gasteiger partial charge is 0.265 e. The fraction of sp³-hybridized carbons (Fsp3) is 0.250. The second-order valence-electron chi connectivity index (χ2n) is 4.38. The van der Waals surface area contributed by atoms with Gasteiger partial charge < -0.3 is 5.32 Å². The molecule has 1 aromatic carbocycles. The zero-order valence-electron chi connectivity index (χ0n) is 11.4. The van der Waals surface area contributed by atoms with Crippen LogP contribution < -0.4 is 10.0 Å². The van der Waals surface area contributed by atoms with Crippen LogP contribution in [0.2, 0.25) is 0 Å². The van der Waals surface area contributed by atoms with Crippen LogP contribution >= 0.6 is 0 Å². The van der Waals surface area contributed by atoms with Crippen molar-refractivity contribution in [3.05, 3.63) is 41.2 Å². The van der Waals surface area contributed by atoms with E-state index < -0.39 is 27.3 Å². The Labute approximate surface area is 120 Å². The van der Waals surface area contributed by atoms with E-state index in [0.717, 1.165) is 18.2 Å². The number of nitrogens with zero attached hydrogens (tertiary/aromatic N) is 1. The fourth-order valence-electron chi connectivity index (χ4n) is 1.88. The van der Waals surface area contributed by atoms with Crippen LogP contribution in [0.4, 0.5) is 14.5 Å². The van der Waals surface area contributed by atoms with Crippen LogP contribution in [0, 0.1) is 18.6 Å². The van der Waals surface area contributed by atoms with Crippen molar-refractivity contribution in [3.8, 4) is 0 Å². The van der Waals surface area contributed by atoms with Gasteiger partial charge in [-0.15, -0.1) is 0 Å². The van der Waals surface area contributed by atoms with Gasteiger partial charge in [-0.05, 0) is 26.1 Å². The summed E-state index contributed by atoms with van der Waals surface area (Å²) in [4.78, 5) is -0.0829. The minimum atomic E-state index is -4.08. The Morgan fingerprint density at radius 2 is 2.05 bits per heavy atom. The molecule has 0 aliphatic heterocycles. The number of nitrogens with one attached hydrogen (secondary N) is 3. The van der Waals surface area contributed by atoms with E-state index in [2.05, 4.69) is 15.5 Å². The van der Waals surface area contributed by atoms with Crippen LogP contribution in [0.1, 0.15) is 11.4 Å². The van der Waals surface area contributed by atoms with Crippen molar-refractivity contribution < 1.29 is 17.2 Å². The number of rotatable bonds is 5. The molecular formula is C12H14F2N4O2S. The van der Waals surface area contributed by atoms with Crippen molar-refractivity contribution in [1.82, 2.24) is 15.5 Å². The van der Waals surface area contributed by atoms with Crippen molar-refractivity contribution in [1.29, 1.82) is 0 Å². The second-order valence-corrected chi connectivity index (χ2v) is 6.00. The van der Waals surface area contributed by atoms with Crippen LogP contribution in [-0.2, 0) is 16.6 Å². The highest BCUT2D eigenvalue weighted by molar-refractivity contribution is 7.92. The highest BCUT2D eigenvalue weighted by Crippen LogP contribution is 2.23.